The van der Waals surface area contributed by atoms with Crippen LogP contribution in [0.5, 0.6) is 0 Å². The fourth-order valence-corrected chi connectivity index (χ4v) is 2.96. The fraction of sp³-hybridized carbons (Fsp3) is 0.500. The standard InChI is InChI=1S/C14H18N2O3S/c1-10(17)11-4-5-12(20-11)14(19)15-7-6-13(18)16-8-2-3-9-16/h4-5H,2-3,6-9H2,1H3,(H,15,19). The van der Waals surface area contributed by atoms with Crippen LogP contribution in [0.3, 0.4) is 0 Å². The first-order valence-corrected chi connectivity index (χ1v) is 7.56. The summed E-state index contributed by atoms with van der Waals surface area (Å²) in [6, 6.07) is 3.29. The molecule has 6 heteroatoms. The Hall–Kier alpha value is -1.69. The van der Waals surface area contributed by atoms with Gasteiger partial charge in [0.05, 0.1) is 9.75 Å². The Balaban J connectivity index is 1.76. The molecule has 0 unspecified atom stereocenters. The van der Waals surface area contributed by atoms with Gasteiger partial charge in [-0.2, -0.15) is 0 Å². The van der Waals surface area contributed by atoms with E-state index in [-0.39, 0.29) is 17.6 Å². The Bertz CT molecular complexity index is 518. The van der Waals surface area contributed by atoms with Crippen LogP contribution in [0.4, 0.5) is 0 Å². The highest BCUT2D eigenvalue weighted by Crippen LogP contribution is 2.16. The molecule has 1 aromatic rings. The van der Waals surface area contributed by atoms with Gasteiger partial charge in [-0.15, -0.1) is 11.3 Å². The minimum absolute atomic E-state index is 0.0433. The van der Waals surface area contributed by atoms with E-state index >= 15 is 0 Å². The molecule has 0 atom stereocenters. The third-order valence-corrected chi connectivity index (χ3v) is 4.44. The molecule has 0 saturated carbocycles. The van der Waals surface area contributed by atoms with Crippen molar-refractivity contribution < 1.29 is 14.4 Å². The number of hydrogen-bond acceptors (Lipinski definition) is 4. The van der Waals surface area contributed by atoms with Gasteiger partial charge in [0.15, 0.2) is 5.78 Å². The van der Waals surface area contributed by atoms with Crippen molar-refractivity contribution in [1.29, 1.82) is 0 Å². The van der Waals surface area contributed by atoms with Gasteiger partial charge < -0.3 is 10.2 Å². The van der Waals surface area contributed by atoms with Gasteiger partial charge in [0.1, 0.15) is 0 Å². The van der Waals surface area contributed by atoms with E-state index in [9.17, 15) is 14.4 Å². The fourth-order valence-electron chi connectivity index (χ4n) is 2.14. The average molecular weight is 294 g/mol. The average Bonchev–Trinajstić information content (AvgIpc) is 3.09. The monoisotopic (exact) mass is 294 g/mol. The van der Waals surface area contributed by atoms with Crippen LogP contribution >= 0.6 is 11.3 Å². The molecule has 2 rings (SSSR count). The molecule has 2 heterocycles. The Morgan fingerprint density at radius 1 is 1.20 bits per heavy atom. The first-order chi connectivity index (χ1) is 9.58. The van der Waals surface area contributed by atoms with Crippen LogP contribution in [0, 0.1) is 0 Å². The second-order valence-electron chi connectivity index (χ2n) is 4.81. The lowest BCUT2D eigenvalue weighted by Crippen LogP contribution is -2.32. The van der Waals surface area contributed by atoms with Gasteiger partial charge in [0.25, 0.3) is 5.91 Å². The number of amides is 2. The number of Topliss-reactive ketones (excluding diaryl/α,β-unsaturated/α-hetero) is 1. The highest BCUT2D eigenvalue weighted by molar-refractivity contribution is 7.15. The summed E-state index contributed by atoms with van der Waals surface area (Å²) >= 11 is 1.18. The SMILES string of the molecule is CC(=O)c1ccc(C(=O)NCCC(=O)N2CCCC2)s1. The molecular weight excluding hydrogens is 276 g/mol. The molecule has 2 amide bonds. The van der Waals surface area contributed by atoms with Crippen molar-refractivity contribution in [2.75, 3.05) is 19.6 Å². The number of nitrogens with one attached hydrogen (secondary N) is 1. The molecule has 5 nitrogen and oxygen atoms in total. The van der Waals surface area contributed by atoms with E-state index in [0.717, 1.165) is 25.9 Å². The quantitative estimate of drug-likeness (QED) is 0.840. The maximum Gasteiger partial charge on any atom is 0.261 e. The molecule has 1 saturated heterocycles. The van der Waals surface area contributed by atoms with Gasteiger partial charge >= 0.3 is 0 Å². The zero-order valence-corrected chi connectivity index (χ0v) is 12.3. The molecular formula is C14H18N2O3S. The summed E-state index contributed by atoms with van der Waals surface area (Å²) < 4.78 is 0. The zero-order chi connectivity index (χ0) is 14.5. The van der Waals surface area contributed by atoms with Crippen molar-refractivity contribution in [2.24, 2.45) is 0 Å². The summed E-state index contributed by atoms with van der Waals surface area (Å²) in [5, 5.41) is 2.72. The van der Waals surface area contributed by atoms with E-state index in [2.05, 4.69) is 5.32 Å². The van der Waals surface area contributed by atoms with Gasteiger partial charge in [0, 0.05) is 26.1 Å². The van der Waals surface area contributed by atoms with Gasteiger partial charge in [0.2, 0.25) is 5.91 Å². The van der Waals surface area contributed by atoms with Crippen LogP contribution in [0.15, 0.2) is 12.1 Å². The summed E-state index contributed by atoms with van der Waals surface area (Å²) in [4.78, 5) is 37.7. The minimum Gasteiger partial charge on any atom is -0.351 e. The molecule has 1 aliphatic heterocycles. The number of thiophene rings is 1. The van der Waals surface area contributed by atoms with Crippen molar-refractivity contribution in [3.63, 3.8) is 0 Å². The third kappa shape index (κ3) is 3.66. The predicted octanol–water partition coefficient (Wildman–Crippen LogP) is 1.69. The van der Waals surface area contributed by atoms with E-state index < -0.39 is 0 Å². The summed E-state index contributed by atoms with van der Waals surface area (Å²) in [6.45, 7) is 3.48. The number of carbonyl (C=O) groups is 3. The van der Waals surface area contributed by atoms with Crippen molar-refractivity contribution >= 4 is 28.9 Å². The second kappa shape index (κ2) is 6.65. The molecule has 0 aromatic carbocycles. The van der Waals surface area contributed by atoms with Crippen molar-refractivity contribution in [1.82, 2.24) is 10.2 Å². The number of rotatable bonds is 5. The molecule has 0 radical (unpaired) electrons. The molecule has 108 valence electrons. The lowest BCUT2D eigenvalue weighted by atomic mass is 10.3. The van der Waals surface area contributed by atoms with Crippen molar-refractivity contribution in [3.05, 3.63) is 21.9 Å². The molecule has 20 heavy (non-hydrogen) atoms. The molecule has 1 N–H and O–H groups in total. The Labute approximate surface area is 122 Å². The number of likely N-dealkylation sites (tertiary alicyclic amines) is 1. The molecule has 0 bridgehead atoms. The number of carbonyl (C=O) groups excluding carboxylic acids is 3. The lowest BCUT2D eigenvalue weighted by molar-refractivity contribution is -0.129. The van der Waals surface area contributed by atoms with E-state index in [1.165, 1.54) is 18.3 Å². The van der Waals surface area contributed by atoms with Crippen LogP contribution in [0.25, 0.3) is 0 Å². The van der Waals surface area contributed by atoms with Gasteiger partial charge in [-0.3, -0.25) is 14.4 Å². The number of nitrogens with zero attached hydrogens (tertiary/aromatic N) is 1. The van der Waals surface area contributed by atoms with E-state index in [1.54, 1.807) is 12.1 Å². The van der Waals surface area contributed by atoms with Crippen molar-refractivity contribution in [3.8, 4) is 0 Å². The minimum atomic E-state index is -0.225. The maximum absolute atomic E-state index is 11.8. The zero-order valence-electron chi connectivity index (χ0n) is 11.5. The lowest BCUT2D eigenvalue weighted by Gasteiger charge is -2.14. The Kier molecular flexibility index (Phi) is 4.89. The van der Waals surface area contributed by atoms with Crippen LogP contribution in [-0.4, -0.2) is 42.1 Å². The predicted molar refractivity (Wildman–Crippen MR) is 77.1 cm³/mol. The maximum atomic E-state index is 11.8. The molecule has 1 aliphatic rings. The molecule has 1 aromatic heterocycles. The smallest absolute Gasteiger partial charge is 0.261 e. The largest absolute Gasteiger partial charge is 0.351 e. The van der Waals surface area contributed by atoms with Crippen LogP contribution in [0.1, 0.15) is 45.5 Å². The summed E-state index contributed by atoms with van der Waals surface area (Å²) in [6.07, 6.45) is 2.47. The van der Waals surface area contributed by atoms with Gasteiger partial charge in [-0.05, 0) is 31.9 Å². The number of ketones is 1. The molecule has 0 aliphatic carbocycles. The highest BCUT2D eigenvalue weighted by Gasteiger charge is 2.18. The van der Waals surface area contributed by atoms with Gasteiger partial charge in [-0.25, -0.2) is 0 Å². The first kappa shape index (κ1) is 14.7. The Morgan fingerprint density at radius 3 is 2.45 bits per heavy atom. The molecule has 0 spiro atoms. The van der Waals surface area contributed by atoms with Crippen LogP contribution in [0.2, 0.25) is 0 Å². The van der Waals surface area contributed by atoms with Crippen LogP contribution < -0.4 is 5.32 Å². The third-order valence-electron chi connectivity index (χ3n) is 3.26. The van der Waals surface area contributed by atoms with Crippen molar-refractivity contribution in [2.45, 2.75) is 26.2 Å². The van der Waals surface area contributed by atoms with E-state index in [4.69, 9.17) is 0 Å². The molecule has 1 fully saturated rings. The van der Waals surface area contributed by atoms with E-state index in [1.807, 2.05) is 4.90 Å². The highest BCUT2D eigenvalue weighted by atomic mass is 32.1. The second-order valence-corrected chi connectivity index (χ2v) is 5.90. The van der Waals surface area contributed by atoms with Crippen LogP contribution in [-0.2, 0) is 4.79 Å². The summed E-state index contributed by atoms with van der Waals surface area (Å²) in [5.74, 6) is -0.173. The number of hydrogen-bond donors (Lipinski definition) is 1. The normalized spacial score (nSPS) is 14.3. The van der Waals surface area contributed by atoms with Gasteiger partial charge in [-0.1, -0.05) is 0 Å². The summed E-state index contributed by atoms with van der Waals surface area (Å²) in [5.41, 5.74) is 0. The Morgan fingerprint density at radius 2 is 1.85 bits per heavy atom. The summed E-state index contributed by atoms with van der Waals surface area (Å²) in [7, 11) is 0. The van der Waals surface area contributed by atoms with E-state index in [0.29, 0.717) is 22.7 Å². The topological polar surface area (TPSA) is 66.5 Å². The first-order valence-electron chi connectivity index (χ1n) is 6.74.